The van der Waals surface area contributed by atoms with E-state index in [4.69, 9.17) is 8.94 Å². The van der Waals surface area contributed by atoms with Crippen molar-refractivity contribution in [2.75, 3.05) is 13.1 Å². The Bertz CT molecular complexity index is 562. The molecule has 1 N–H and O–H groups in total. The van der Waals surface area contributed by atoms with E-state index in [2.05, 4.69) is 22.4 Å². The standard InChI is InChI=1S/C15H21N3O2/c1-3-5-15(6-8-16-9-7-15)14-17-13(18-20-14)12-11(2)4-10-19-12/h4,10,16H,3,5-9H2,1-2H3. The molecular weight excluding hydrogens is 254 g/mol. The molecule has 0 aliphatic carbocycles. The molecule has 0 bridgehead atoms. The normalized spacial score (nSPS) is 18.3. The van der Waals surface area contributed by atoms with Crippen LogP contribution in [0, 0.1) is 6.92 Å². The van der Waals surface area contributed by atoms with Crippen LogP contribution in [0.2, 0.25) is 0 Å². The highest BCUT2D eigenvalue weighted by molar-refractivity contribution is 5.51. The summed E-state index contributed by atoms with van der Waals surface area (Å²) in [5.41, 5.74) is 1.07. The number of furan rings is 1. The SMILES string of the molecule is CCCC1(c2nc(-c3occc3C)no2)CCNCC1. The van der Waals surface area contributed by atoms with Crippen molar-refractivity contribution in [2.24, 2.45) is 0 Å². The second-order valence-electron chi connectivity index (χ2n) is 5.64. The fourth-order valence-corrected chi connectivity index (χ4v) is 3.09. The van der Waals surface area contributed by atoms with Crippen LogP contribution < -0.4 is 5.32 Å². The van der Waals surface area contributed by atoms with Crippen LogP contribution in [0.1, 0.15) is 44.1 Å². The molecule has 0 spiro atoms. The van der Waals surface area contributed by atoms with Gasteiger partial charge in [-0.05, 0) is 50.9 Å². The van der Waals surface area contributed by atoms with Crippen LogP contribution in [0.3, 0.4) is 0 Å². The number of piperidine rings is 1. The number of aromatic nitrogens is 2. The van der Waals surface area contributed by atoms with Gasteiger partial charge in [-0.3, -0.25) is 0 Å². The maximum absolute atomic E-state index is 5.59. The second-order valence-corrected chi connectivity index (χ2v) is 5.64. The molecule has 0 radical (unpaired) electrons. The summed E-state index contributed by atoms with van der Waals surface area (Å²) in [7, 11) is 0. The summed E-state index contributed by atoms with van der Waals surface area (Å²) in [6.07, 6.45) is 5.98. The number of hydrogen-bond acceptors (Lipinski definition) is 5. The van der Waals surface area contributed by atoms with Crippen LogP contribution in [-0.4, -0.2) is 23.2 Å². The topological polar surface area (TPSA) is 64.1 Å². The Balaban J connectivity index is 1.93. The molecule has 0 atom stereocenters. The fraction of sp³-hybridized carbons (Fsp3) is 0.600. The van der Waals surface area contributed by atoms with Crippen molar-refractivity contribution in [3.8, 4) is 11.6 Å². The Labute approximate surface area is 118 Å². The third-order valence-corrected chi connectivity index (χ3v) is 4.23. The average molecular weight is 275 g/mol. The largest absolute Gasteiger partial charge is 0.461 e. The molecule has 1 aliphatic heterocycles. The maximum Gasteiger partial charge on any atom is 0.238 e. The lowest BCUT2D eigenvalue weighted by Crippen LogP contribution is -2.40. The van der Waals surface area contributed by atoms with Gasteiger partial charge >= 0.3 is 0 Å². The lowest BCUT2D eigenvalue weighted by Gasteiger charge is -2.34. The van der Waals surface area contributed by atoms with Crippen molar-refractivity contribution in [2.45, 2.75) is 44.9 Å². The predicted octanol–water partition coefficient (Wildman–Crippen LogP) is 3.06. The molecule has 2 aromatic heterocycles. The first-order valence-electron chi connectivity index (χ1n) is 7.34. The van der Waals surface area contributed by atoms with Crippen molar-refractivity contribution in [1.29, 1.82) is 0 Å². The lowest BCUT2D eigenvalue weighted by atomic mass is 9.75. The molecule has 0 saturated carbocycles. The number of rotatable bonds is 4. The van der Waals surface area contributed by atoms with Crippen LogP contribution in [-0.2, 0) is 5.41 Å². The highest BCUT2D eigenvalue weighted by Crippen LogP contribution is 2.37. The van der Waals surface area contributed by atoms with Gasteiger partial charge in [-0.25, -0.2) is 0 Å². The monoisotopic (exact) mass is 275 g/mol. The highest BCUT2D eigenvalue weighted by Gasteiger charge is 2.38. The minimum atomic E-state index is 0.0335. The summed E-state index contributed by atoms with van der Waals surface area (Å²) in [6, 6.07) is 1.91. The molecule has 20 heavy (non-hydrogen) atoms. The van der Waals surface area contributed by atoms with E-state index >= 15 is 0 Å². The first-order valence-corrected chi connectivity index (χ1v) is 7.34. The summed E-state index contributed by atoms with van der Waals surface area (Å²) in [5, 5.41) is 7.52. The number of nitrogens with zero attached hydrogens (tertiary/aromatic N) is 2. The minimum absolute atomic E-state index is 0.0335. The quantitative estimate of drug-likeness (QED) is 0.929. The zero-order valence-electron chi connectivity index (χ0n) is 12.1. The van der Waals surface area contributed by atoms with E-state index in [0.717, 1.165) is 50.2 Å². The first-order chi connectivity index (χ1) is 9.75. The van der Waals surface area contributed by atoms with Gasteiger partial charge in [-0.1, -0.05) is 18.5 Å². The molecule has 3 rings (SSSR count). The smallest absolute Gasteiger partial charge is 0.238 e. The van der Waals surface area contributed by atoms with Crippen LogP contribution >= 0.6 is 0 Å². The van der Waals surface area contributed by atoms with Gasteiger partial charge in [0, 0.05) is 0 Å². The Morgan fingerprint density at radius 3 is 2.80 bits per heavy atom. The molecular formula is C15H21N3O2. The summed E-state index contributed by atoms with van der Waals surface area (Å²) >= 11 is 0. The van der Waals surface area contributed by atoms with Gasteiger partial charge in [-0.15, -0.1) is 0 Å². The van der Waals surface area contributed by atoms with Crippen molar-refractivity contribution in [1.82, 2.24) is 15.5 Å². The van der Waals surface area contributed by atoms with E-state index in [1.165, 1.54) is 0 Å². The summed E-state index contributed by atoms with van der Waals surface area (Å²) < 4.78 is 11.0. The lowest BCUT2D eigenvalue weighted by molar-refractivity contribution is 0.208. The van der Waals surface area contributed by atoms with E-state index in [0.29, 0.717) is 11.6 Å². The van der Waals surface area contributed by atoms with Crippen molar-refractivity contribution < 1.29 is 8.94 Å². The highest BCUT2D eigenvalue weighted by atomic mass is 16.5. The molecule has 3 heterocycles. The van der Waals surface area contributed by atoms with Crippen LogP contribution in [0.15, 0.2) is 21.3 Å². The van der Waals surface area contributed by atoms with Crippen molar-refractivity contribution in [3.05, 3.63) is 23.8 Å². The predicted molar refractivity (Wildman–Crippen MR) is 75.4 cm³/mol. The van der Waals surface area contributed by atoms with Crippen molar-refractivity contribution >= 4 is 0 Å². The first kappa shape index (κ1) is 13.4. The third-order valence-electron chi connectivity index (χ3n) is 4.23. The van der Waals surface area contributed by atoms with Gasteiger partial charge in [0.25, 0.3) is 0 Å². The molecule has 1 fully saturated rings. The molecule has 0 unspecified atom stereocenters. The van der Waals surface area contributed by atoms with Gasteiger partial charge < -0.3 is 14.3 Å². The van der Waals surface area contributed by atoms with Gasteiger partial charge in [0.05, 0.1) is 11.7 Å². The molecule has 1 saturated heterocycles. The van der Waals surface area contributed by atoms with Crippen LogP contribution in [0.25, 0.3) is 11.6 Å². The minimum Gasteiger partial charge on any atom is -0.461 e. The maximum atomic E-state index is 5.59. The number of aryl methyl sites for hydroxylation is 1. The van der Waals surface area contributed by atoms with Crippen molar-refractivity contribution in [3.63, 3.8) is 0 Å². The Kier molecular flexibility index (Phi) is 3.61. The van der Waals surface area contributed by atoms with Gasteiger partial charge in [0.2, 0.25) is 11.7 Å². The Morgan fingerprint density at radius 1 is 1.35 bits per heavy atom. The molecule has 2 aromatic rings. The average Bonchev–Trinajstić information content (AvgIpc) is 3.08. The summed E-state index contributed by atoms with van der Waals surface area (Å²) in [6.45, 7) is 6.22. The van der Waals surface area contributed by atoms with E-state index in [9.17, 15) is 0 Å². The van der Waals surface area contributed by atoms with Gasteiger partial charge in [-0.2, -0.15) is 4.98 Å². The van der Waals surface area contributed by atoms with Gasteiger partial charge in [0.15, 0.2) is 5.76 Å². The summed E-state index contributed by atoms with van der Waals surface area (Å²) in [5.74, 6) is 2.05. The fourth-order valence-electron chi connectivity index (χ4n) is 3.09. The molecule has 108 valence electrons. The molecule has 0 aromatic carbocycles. The molecule has 0 amide bonds. The zero-order chi connectivity index (χ0) is 14.0. The Morgan fingerprint density at radius 2 is 2.15 bits per heavy atom. The molecule has 1 aliphatic rings. The van der Waals surface area contributed by atoms with Crippen LogP contribution in [0.5, 0.6) is 0 Å². The van der Waals surface area contributed by atoms with Gasteiger partial charge in [0.1, 0.15) is 0 Å². The Hall–Kier alpha value is -1.62. The van der Waals surface area contributed by atoms with E-state index in [1.54, 1.807) is 6.26 Å². The van der Waals surface area contributed by atoms with E-state index in [-0.39, 0.29) is 5.41 Å². The van der Waals surface area contributed by atoms with Crippen LogP contribution in [0.4, 0.5) is 0 Å². The van der Waals surface area contributed by atoms with E-state index < -0.39 is 0 Å². The number of nitrogens with one attached hydrogen (secondary N) is 1. The molecule has 5 nitrogen and oxygen atoms in total. The number of hydrogen-bond donors (Lipinski definition) is 1. The third kappa shape index (κ3) is 2.26. The van der Waals surface area contributed by atoms with E-state index in [1.807, 2.05) is 13.0 Å². The summed E-state index contributed by atoms with van der Waals surface area (Å²) in [4.78, 5) is 4.63. The molecule has 5 heteroatoms. The second kappa shape index (κ2) is 5.40. The zero-order valence-corrected chi connectivity index (χ0v) is 12.1.